The molecule has 158 valence electrons. The van der Waals surface area contributed by atoms with Crippen LogP contribution in [0.4, 0.5) is 5.69 Å². The van der Waals surface area contributed by atoms with Crippen LogP contribution < -0.4 is 10.5 Å². The average molecular weight is 397 g/mol. The zero-order chi connectivity index (χ0) is 20.4. The van der Waals surface area contributed by atoms with Gasteiger partial charge in [0.05, 0.1) is 0 Å². The molecule has 5 rings (SSSR count). The van der Waals surface area contributed by atoms with E-state index >= 15 is 0 Å². The maximum atomic E-state index is 12.3. The molecule has 0 aromatic heterocycles. The summed E-state index contributed by atoms with van der Waals surface area (Å²) in [5, 5.41) is 0. The molecule has 4 nitrogen and oxygen atoms in total. The van der Waals surface area contributed by atoms with E-state index in [9.17, 15) is 4.79 Å². The van der Waals surface area contributed by atoms with Crippen molar-refractivity contribution < 1.29 is 9.53 Å². The lowest BCUT2D eigenvalue weighted by Gasteiger charge is -2.61. The molecule has 4 aliphatic rings. The van der Waals surface area contributed by atoms with Gasteiger partial charge in [0, 0.05) is 30.6 Å². The third-order valence-electron chi connectivity index (χ3n) is 9.63. The zero-order valence-electron chi connectivity index (χ0n) is 18.2. The number of hydrogen-bond donors (Lipinski definition) is 1. The summed E-state index contributed by atoms with van der Waals surface area (Å²) < 4.78 is 6.54. The van der Waals surface area contributed by atoms with Gasteiger partial charge in [0.25, 0.3) is 0 Å². The van der Waals surface area contributed by atoms with Gasteiger partial charge in [-0.1, -0.05) is 13.8 Å². The molecule has 1 aliphatic heterocycles. The van der Waals surface area contributed by atoms with Gasteiger partial charge in [-0.2, -0.15) is 0 Å². The summed E-state index contributed by atoms with van der Waals surface area (Å²) in [4.78, 5) is 14.4. The highest BCUT2D eigenvalue weighted by molar-refractivity contribution is 5.77. The number of fused-ring (bicyclic) bond motifs is 5. The van der Waals surface area contributed by atoms with Gasteiger partial charge in [0.1, 0.15) is 11.9 Å². The Labute approximate surface area is 175 Å². The molecule has 1 heterocycles. The summed E-state index contributed by atoms with van der Waals surface area (Å²) in [5.74, 6) is 3.60. The second-order valence-electron chi connectivity index (χ2n) is 10.8. The number of ether oxygens (including phenoxy) is 1. The van der Waals surface area contributed by atoms with Crippen molar-refractivity contribution in [3.8, 4) is 5.75 Å². The largest absolute Gasteiger partial charge is 0.490 e. The van der Waals surface area contributed by atoms with Gasteiger partial charge < -0.3 is 15.4 Å². The van der Waals surface area contributed by atoms with Crippen molar-refractivity contribution in [1.29, 1.82) is 0 Å². The lowest BCUT2D eigenvalue weighted by atomic mass is 9.47. The standard InChI is InChI=1S/C25H36N2O2/c1-24-15-13-23(28)27(3)21(24)10-8-18-19-9-11-22(25(19,2)14-12-20(18)24)29-17-6-4-16(26)5-7-17/h4-7,18-22H,8-15,26H2,1-3H3/t18-,19-,20-,21+,22-,24+,25-/m0/s1. The van der Waals surface area contributed by atoms with Crippen LogP contribution >= 0.6 is 0 Å². The van der Waals surface area contributed by atoms with Crippen molar-refractivity contribution in [2.45, 2.75) is 77.4 Å². The van der Waals surface area contributed by atoms with Gasteiger partial charge in [0.2, 0.25) is 5.91 Å². The van der Waals surface area contributed by atoms with Crippen molar-refractivity contribution in [2.24, 2.45) is 28.6 Å². The van der Waals surface area contributed by atoms with E-state index in [0.29, 0.717) is 23.5 Å². The van der Waals surface area contributed by atoms with Crippen LogP contribution in [-0.4, -0.2) is 30.0 Å². The summed E-state index contributed by atoms with van der Waals surface area (Å²) in [6.07, 6.45) is 9.55. The molecule has 2 N–H and O–H groups in total. The number of anilines is 1. The number of carbonyl (C=O) groups excluding carboxylic acids is 1. The van der Waals surface area contributed by atoms with E-state index < -0.39 is 0 Å². The molecule has 0 bridgehead atoms. The van der Waals surface area contributed by atoms with Crippen LogP contribution in [-0.2, 0) is 4.79 Å². The highest BCUT2D eigenvalue weighted by Crippen LogP contribution is 2.65. The summed E-state index contributed by atoms with van der Waals surface area (Å²) in [6, 6.07) is 8.34. The first-order valence-electron chi connectivity index (χ1n) is 11.6. The molecule has 1 amide bonds. The number of hydrogen-bond acceptors (Lipinski definition) is 3. The van der Waals surface area contributed by atoms with E-state index in [1.54, 1.807) is 0 Å². The third-order valence-corrected chi connectivity index (χ3v) is 9.63. The van der Waals surface area contributed by atoms with Gasteiger partial charge in [-0.25, -0.2) is 0 Å². The smallest absolute Gasteiger partial charge is 0.222 e. The minimum absolute atomic E-state index is 0.266. The topological polar surface area (TPSA) is 55.6 Å². The molecule has 0 unspecified atom stereocenters. The number of nitrogens with zero attached hydrogens (tertiary/aromatic N) is 1. The molecule has 7 atom stereocenters. The number of nitrogens with two attached hydrogens (primary N) is 1. The highest BCUT2D eigenvalue weighted by atomic mass is 16.5. The Morgan fingerprint density at radius 2 is 1.69 bits per heavy atom. The molecule has 1 aromatic carbocycles. The van der Waals surface area contributed by atoms with Crippen LogP contribution in [0.1, 0.15) is 65.2 Å². The summed E-state index contributed by atoms with van der Waals surface area (Å²) in [6.45, 7) is 4.99. The highest BCUT2D eigenvalue weighted by Gasteiger charge is 2.61. The maximum absolute atomic E-state index is 12.3. The van der Waals surface area contributed by atoms with E-state index in [1.807, 2.05) is 31.3 Å². The Morgan fingerprint density at radius 3 is 2.45 bits per heavy atom. The van der Waals surface area contributed by atoms with Crippen LogP contribution in [0.3, 0.4) is 0 Å². The van der Waals surface area contributed by atoms with Crippen LogP contribution in [0, 0.1) is 28.6 Å². The summed E-state index contributed by atoms with van der Waals surface area (Å²) in [7, 11) is 2.05. The van der Waals surface area contributed by atoms with E-state index in [2.05, 4.69) is 18.7 Å². The fourth-order valence-electron chi connectivity index (χ4n) is 8.01. The fraction of sp³-hybridized carbons (Fsp3) is 0.720. The summed E-state index contributed by atoms with van der Waals surface area (Å²) in [5.41, 5.74) is 7.19. The van der Waals surface area contributed by atoms with Crippen molar-refractivity contribution >= 4 is 11.6 Å². The molecule has 0 radical (unpaired) electrons. The van der Waals surface area contributed by atoms with Gasteiger partial charge >= 0.3 is 0 Å². The average Bonchev–Trinajstić information content (AvgIpc) is 3.03. The quantitative estimate of drug-likeness (QED) is 0.725. The van der Waals surface area contributed by atoms with E-state index in [1.165, 1.54) is 32.1 Å². The van der Waals surface area contributed by atoms with Crippen LogP contribution in [0.15, 0.2) is 24.3 Å². The molecule has 29 heavy (non-hydrogen) atoms. The van der Waals surface area contributed by atoms with E-state index in [4.69, 9.17) is 10.5 Å². The first-order valence-corrected chi connectivity index (χ1v) is 11.6. The molecular formula is C25H36N2O2. The lowest BCUT2D eigenvalue weighted by Crippen LogP contribution is -2.61. The minimum atomic E-state index is 0.266. The number of rotatable bonds is 2. The van der Waals surface area contributed by atoms with Crippen molar-refractivity contribution in [1.82, 2.24) is 4.90 Å². The Balaban J connectivity index is 1.37. The Hall–Kier alpha value is -1.71. The minimum Gasteiger partial charge on any atom is -0.490 e. The second kappa shape index (κ2) is 6.65. The first kappa shape index (κ1) is 19.3. The Morgan fingerprint density at radius 1 is 0.966 bits per heavy atom. The first-order chi connectivity index (χ1) is 13.8. The Bertz CT molecular complexity index is 793. The number of amides is 1. The van der Waals surface area contributed by atoms with Crippen LogP contribution in [0.5, 0.6) is 5.75 Å². The molecule has 0 spiro atoms. The SMILES string of the molecule is CN1C(=O)CC[C@]2(C)[C@H]3CC[C@]4(C)[C@@H](Oc5ccc(N)cc5)CC[C@H]4[C@@H]3CC[C@@H]12. The zero-order valence-corrected chi connectivity index (χ0v) is 18.2. The Kier molecular flexibility index (Phi) is 4.42. The number of benzene rings is 1. The fourth-order valence-corrected chi connectivity index (χ4v) is 8.01. The molecular weight excluding hydrogens is 360 g/mol. The van der Waals surface area contributed by atoms with Crippen LogP contribution in [0.25, 0.3) is 0 Å². The predicted octanol–water partition coefficient (Wildman–Crippen LogP) is 4.88. The van der Waals surface area contributed by atoms with Crippen molar-refractivity contribution in [3.05, 3.63) is 24.3 Å². The number of carbonyl (C=O) groups is 1. The number of nitrogen functional groups attached to an aromatic ring is 1. The molecule has 1 saturated heterocycles. The van der Waals surface area contributed by atoms with Gasteiger partial charge in [-0.05, 0) is 92.4 Å². The molecule has 1 aromatic rings. The van der Waals surface area contributed by atoms with Crippen molar-refractivity contribution in [3.63, 3.8) is 0 Å². The lowest BCUT2D eigenvalue weighted by molar-refractivity contribution is -0.159. The molecule has 4 fully saturated rings. The number of likely N-dealkylation sites (tertiary alicyclic amines) is 1. The maximum Gasteiger partial charge on any atom is 0.222 e. The molecule has 3 aliphatic carbocycles. The number of piperidine rings is 1. The van der Waals surface area contributed by atoms with Crippen molar-refractivity contribution in [2.75, 3.05) is 12.8 Å². The van der Waals surface area contributed by atoms with E-state index in [0.717, 1.165) is 48.5 Å². The predicted molar refractivity (Wildman–Crippen MR) is 115 cm³/mol. The van der Waals surface area contributed by atoms with E-state index in [-0.39, 0.29) is 5.41 Å². The molecule has 3 saturated carbocycles. The monoisotopic (exact) mass is 396 g/mol. The normalized spacial score (nSPS) is 44.0. The van der Waals surface area contributed by atoms with Crippen LogP contribution in [0.2, 0.25) is 0 Å². The summed E-state index contributed by atoms with van der Waals surface area (Å²) >= 11 is 0. The third kappa shape index (κ3) is 2.81. The van der Waals surface area contributed by atoms with Gasteiger partial charge in [-0.15, -0.1) is 0 Å². The van der Waals surface area contributed by atoms with Gasteiger partial charge in [0.15, 0.2) is 0 Å². The second-order valence-corrected chi connectivity index (χ2v) is 10.8. The van der Waals surface area contributed by atoms with Gasteiger partial charge in [-0.3, -0.25) is 4.79 Å². The molecule has 4 heteroatoms.